The van der Waals surface area contributed by atoms with E-state index < -0.39 is 5.82 Å². The summed E-state index contributed by atoms with van der Waals surface area (Å²) >= 11 is 8.71. The number of halogens is 3. The zero-order valence-corrected chi connectivity index (χ0v) is 9.15. The van der Waals surface area contributed by atoms with Crippen molar-refractivity contribution in [3.8, 4) is 5.75 Å². The van der Waals surface area contributed by atoms with E-state index in [1.54, 1.807) is 0 Å². The molecule has 72 valence electrons. The lowest BCUT2D eigenvalue weighted by Crippen LogP contribution is -1.99. The maximum absolute atomic E-state index is 12.9. The van der Waals surface area contributed by atoms with Crippen molar-refractivity contribution in [1.82, 2.24) is 0 Å². The Morgan fingerprint density at radius 2 is 2.23 bits per heavy atom. The fourth-order valence-corrected chi connectivity index (χ4v) is 1.26. The molecule has 0 aliphatic rings. The van der Waals surface area contributed by atoms with Crippen LogP contribution in [0.15, 0.2) is 16.6 Å². The second-order valence-electron chi connectivity index (χ2n) is 2.25. The lowest BCUT2D eigenvalue weighted by Gasteiger charge is -2.07. The molecule has 1 rings (SSSR count). The molecule has 0 atom stereocenters. The average molecular weight is 269 g/mol. The lowest BCUT2D eigenvalue weighted by molar-refractivity contribution is 0.0511. The summed E-state index contributed by atoms with van der Waals surface area (Å²) in [5, 5.41) is 0.220. The first-order chi connectivity index (χ1) is 6.15. The molecule has 0 saturated heterocycles. The van der Waals surface area contributed by atoms with Crippen LogP contribution in [0, 0.1) is 5.82 Å². The molecule has 0 fully saturated rings. The number of ether oxygens (including phenoxy) is 2. The lowest BCUT2D eigenvalue weighted by atomic mass is 10.3. The molecule has 1 aromatic carbocycles. The van der Waals surface area contributed by atoms with Crippen molar-refractivity contribution in [2.24, 2.45) is 0 Å². The van der Waals surface area contributed by atoms with E-state index in [2.05, 4.69) is 20.7 Å². The molecule has 13 heavy (non-hydrogen) atoms. The SMILES string of the molecule is COCOc1cc(Br)c(F)cc1Cl. The normalized spacial score (nSPS) is 10.2. The number of benzene rings is 1. The molecule has 2 nitrogen and oxygen atoms in total. The van der Waals surface area contributed by atoms with Gasteiger partial charge in [-0.15, -0.1) is 0 Å². The zero-order valence-electron chi connectivity index (χ0n) is 6.81. The van der Waals surface area contributed by atoms with E-state index in [0.717, 1.165) is 0 Å². The summed E-state index contributed by atoms with van der Waals surface area (Å²) in [5.74, 6) is -0.0356. The number of hydrogen-bond donors (Lipinski definition) is 0. The Bertz CT molecular complexity index is 306. The molecule has 0 unspecified atom stereocenters. The maximum atomic E-state index is 12.9. The van der Waals surface area contributed by atoms with Gasteiger partial charge in [0.1, 0.15) is 11.6 Å². The van der Waals surface area contributed by atoms with Gasteiger partial charge in [-0.05, 0) is 28.1 Å². The first-order valence-electron chi connectivity index (χ1n) is 3.41. The summed E-state index contributed by atoms with van der Waals surface area (Å²) < 4.78 is 22.9. The molecule has 0 radical (unpaired) electrons. The van der Waals surface area contributed by atoms with E-state index in [1.807, 2.05) is 0 Å². The van der Waals surface area contributed by atoms with Gasteiger partial charge in [0.25, 0.3) is 0 Å². The topological polar surface area (TPSA) is 18.5 Å². The molecule has 0 aromatic heterocycles. The third-order valence-corrected chi connectivity index (χ3v) is 2.21. The molecule has 0 spiro atoms. The van der Waals surface area contributed by atoms with Gasteiger partial charge in [-0.25, -0.2) is 4.39 Å². The van der Waals surface area contributed by atoms with Crippen molar-refractivity contribution in [3.05, 3.63) is 27.4 Å². The van der Waals surface area contributed by atoms with Gasteiger partial charge in [-0.2, -0.15) is 0 Å². The average Bonchev–Trinajstić information content (AvgIpc) is 2.09. The highest BCUT2D eigenvalue weighted by Crippen LogP contribution is 2.30. The molecule has 0 aliphatic heterocycles. The number of methoxy groups -OCH3 is 1. The number of hydrogen-bond acceptors (Lipinski definition) is 2. The largest absolute Gasteiger partial charge is 0.466 e. The highest BCUT2D eigenvalue weighted by atomic mass is 79.9. The van der Waals surface area contributed by atoms with Gasteiger partial charge in [0, 0.05) is 7.11 Å². The zero-order chi connectivity index (χ0) is 9.84. The molecule has 1 aromatic rings. The van der Waals surface area contributed by atoms with Crippen LogP contribution in [-0.2, 0) is 4.74 Å². The standard InChI is InChI=1S/C8H7BrClFO2/c1-12-4-13-8-2-5(9)7(11)3-6(8)10/h2-3H,4H2,1H3. The number of rotatable bonds is 3. The van der Waals surface area contributed by atoms with Crippen molar-refractivity contribution in [2.45, 2.75) is 0 Å². The van der Waals surface area contributed by atoms with Gasteiger partial charge in [-0.1, -0.05) is 11.6 Å². The second-order valence-corrected chi connectivity index (χ2v) is 3.51. The van der Waals surface area contributed by atoms with Crippen LogP contribution in [0.1, 0.15) is 0 Å². The Morgan fingerprint density at radius 1 is 1.54 bits per heavy atom. The van der Waals surface area contributed by atoms with Crippen molar-refractivity contribution < 1.29 is 13.9 Å². The molecule has 5 heteroatoms. The van der Waals surface area contributed by atoms with E-state index in [4.69, 9.17) is 16.3 Å². The van der Waals surface area contributed by atoms with Crippen molar-refractivity contribution in [3.63, 3.8) is 0 Å². The summed E-state index contributed by atoms with van der Waals surface area (Å²) in [5.41, 5.74) is 0. The Labute approximate surface area is 88.7 Å². The van der Waals surface area contributed by atoms with E-state index in [-0.39, 0.29) is 11.8 Å². The van der Waals surface area contributed by atoms with Crippen LogP contribution in [0.25, 0.3) is 0 Å². The van der Waals surface area contributed by atoms with Crippen molar-refractivity contribution >= 4 is 27.5 Å². The summed E-state index contributed by atoms with van der Waals surface area (Å²) in [6.07, 6.45) is 0. The Kier molecular flexibility index (Phi) is 3.96. The van der Waals surface area contributed by atoms with Gasteiger partial charge in [0.15, 0.2) is 6.79 Å². The van der Waals surface area contributed by atoms with Crippen LogP contribution in [0.3, 0.4) is 0 Å². The van der Waals surface area contributed by atoms with Gasteiger partial charge in [0.05, 0.1) is 9.50 Å². The molecule has 0 aliphatic carbocycles. The van der Waals surface area contributed by atoms with Gasteiger partial charge >= 0.3 is 0 Å². The Morgan fingerprint density at radius 3 is 2.85 bits per heavy atom. The highest BCUT2D eigenvalue weighted by molar-refractivity contribution is 9.10. The highest BCUT2D eigenvalue weighted by Gasteiger charge is 2.07. The summed E-state index contributed by atoms with van der Waals surface area (Å²) in [6, 6.07) is 2.63. The third-order valence-electron chi connectivity index (χ3n) is 1.31. The second kappa shape index (κ2) is 4.79. The molecule has 0 amide bonds. The van der Waals surface area contributed by atoms with Crippen molar-refractivity contribution in [1.29, 1.82) is 0 Å². The van der Waals surface area contributed by atoms with E-state index in [0.29, 0.717) is 10.2 Å². The minimum atomic E-state index is -0.422. The minimum absolute atomic E-state index is 0.0811. The monoisotopic (exact) mass is 268 g/mol. The third kappa shape index (κ3) is 2.83. The molecular weight excluding hydrogens is 262 g/mol. The first kappa shape index (κ1) is 10.8. The van der Waals surface area contributed by atoms with Crippen LogP contribution >= 0.6 is 27.5 Å². The van der Waals surface area contributed by atoms with E-state index in [1.165, 1.54) is 19.2 Å². The Balaban J connectivity index is 2.88. The van der Waals surface area contributed by atoms with Crippen LogP contribution in [0.2, 0.25) is 5.02 Å². The smallest absolute Gasteiger partial charge is 0.188 e. The molecule has 0 saturated carbocycles. The maximum Gasteiger partial charge on any atom is 0.188 e. The summed E-state index contributed by atoms with van der Waals surface area (Å²) in [4.78, 5) is 0. The fourth-order valence-electron chi connectivity index (χ4n) is 0.737. The molecule has 0 N–H and O–H groups in total. The predicted molar refractivity (Wildman–Crippen MR) is 51.6 cm³/mol. The van der Waals surface area contributed by atoms with Gasteiger partial charge in [0.2, 0.25) is 0 Å². The quantitative estimate of drug-likeness (QED) is 0.619. The first-order valence-corrected chi connectivity index (χ1v) is 4.58. The Hall–Kier alpha value is -0.320. The fraction of sp³-hybridized carbons (Fsp3) is 0.250. The van der Waals surface area contributed by atoms with Gasteiger partial charge in [-0.3, -0.25) is 0 Å². The van der Waals surface area contributed by atoms with Crippen LogP contribution in [0.5, 0.6) is 5.75 Å². The molecular formula is C8H7BrClFO2. The van der Waals surface area contributed by atoms with Gasteiger partial charge < -0.3 is 9.47 Å². The van der Waals surface area contributed by atoms with E-state index >= 15 is 0 Å². The summed E-state index contributed by atoms with van der Waals surface area (Å²) in [7, 11) is 1.49. The minimum Gasteiger partial charge on any atom is -0.466 e. The molecule has 0 bridgehead atoms. The summed E-state index contributed by atoms with van der Waals surface area (Å²) in [6.45, 7) is 0.0811. The van der Waals surface area contributed by atoms with Crippen molar-refractivity contribution in [2.75, 3.05) is 13.9 Å². The molecule has 0 heterocycles. The van der Waals surface area contributed by atoms with Crippen LogP contribution in [0.4, 0.5) is 4.39 Å². The predicted octanol–water partition coefficient (Wildman–Crippen LogP) is 3.22. The van der Waals surface area contributed by atoms with E-state index in [9.17, 15) is 4.39 Å². The van der Waals surface area contributed by atoms with Crippen LogP contribution < -0.4 is 4.74 Å². The van der Waals surface area contributed by atoms with Crippen LogP contribution in [-0.4, -0.2) is 13.9 Å².